The zero-order chi connectivity index (χ0) is 18.8. The molecule has 2 aromatic rings. The summed E-state index contributed by atoms with van der Waals surface area (Å²) < 4.78 is 41.9. The van der Waals surface area contributed by atoms with Crippen molar-refractivity contribution in [3.8, 4) is 5.75 Å². The average molecular weight is 388 g/mol. The first-order valence-electron chi connectivity index (χ1n) is 7.03. The van der Waals surface area contributed by atoms with Crippen LogP contribution >= 0.6 is 11.6 Å². The van der Waals surface area contributed by atoms with Crippen LogP contribution in [0.2, 0.25) is 5.02 Å². The Kier molecular flexibility index (Phi) is 5.54. The maximum atomic E-state index is 13.5. The van der Waals surface area contributed by atoms with Gasteiger partial charge in [-0.05, 0) is 37.3 Å². The first kappa shape index (κ1) is 19.0. The molecule has 25 heavy (non-hydrogen) atoms. The fourth-order valence-electron chi connectivity index (χ4n) is 1.92. The Morgan fingerprint density at radius 1 is 1.24 bits per heavy atom. The van der Waals surface area contributed by atoms with Crippen molar-refractivity contribution in [2.45, 2.75) is 17.9 Å². The van der Waals surface area contributed by atoms with Crippen LogP contribution in [0.15, 0.2) is 41.3 Å². The second-order valence-corrected chi connectivity index (χ2v) is 7.70. The number of hydrogen-bond acceptors (Lipinski definition) is 5. The Morgan fingerprint density at radius 3 is 2.48 bits per heavy atom. The van der Waals surface area contributed by atoms with Gasteiger partial charge >= 0.3 is 5.97 Å². The molecule has 0 unspecified atom stereocenters. The van der Waals surface area contributed by atoms with Gasteiger partial charge in [0, 0.05) is 12.3 Å². The molecule has 2 rings (SSSR count). The highest BCUT2D eigenvalue weighted by Crippen LogP contribution is 2.33. The molecule has 1 atom stereocenters. The minimum Gasteiger partial charge on any atom is -0.479 e. The Bertz CT molecular complexity index is 917. The Morgan fingerprint density at radius 2 is 1.92 bits per heavy atom. The van der Waals surface area contributed by atoms with E-state index >= 15 is 0 Å². The second-order valence-electron chi connectivity index (χ2n) is 5.28. The number of ether oxygens (including phenoxy) is 1. The maximum Gasteiger partial charge on any atom is 0.344 e. The SMILES string of the molecule is C[C@H](Oc1ccc(F)cc1Nc1ccc(S(C)(=O)=O)cc1Cl)C(=O)O. The van der Waals surface area contributed by atoms with Crippen LogP contribution in [-0.4, -0.2) is 31.9 Å². The zero-order valence-electron chi connectivity index (χ0n) is 13.3. The number of halogens is 2. The first-order chi connectivity index (χ1) is 11.6. The van der Waals surface area contributed by atoms with Crippen LogP contribution in [0.1, 0.15) is 6.92 Å². The molecular weight excluding hydrogens is 373 g/mol. The van der Waals surface area contributed by atoms with Crippen LogP contribution in [-0.2, 0) is 14.6 Å². The number of carboxylic acid groups (broad SMARTS) is 1. The number of anilines is 2. The van der Waals surface area contributed by atoms with E-state index in [0.29, 0.717) is 5.69 Å². The minimum absolute atomic E-state index is 0.0401. The molecule has 6 nitrogen and oxygen atoms in total. The summed E-state index contributed by atoms with van der Waals surface area (Å²) in [6.45, 7) is 1.34. The van der Waals surface area contributed by atoms with Crippen molar-refractivity contribution in [2.75, 3.05) is 11.6 Å². The average Bonchev–Trinajstić information content (AvgIpc) is 2.50. The normalized spacial score (nSPS) is 12.5. The Hall–Kier alpha value is -2.32. The van der Waals surface area contributed by atoms with Gasteiger partial charge in [0.15, 0.2) is 15.9 Å². The molecule has 0 amide bonds. The molecule has 134 valence electrons. The summed E-state index contributed by atoms with van der Waals surface area (Å²) in [5.74, 6) is -1.63. The smallest absolute Gasteiger partial charge is 0.344 e. The first-order valence-corrected chi connectivity index (χ1v) is 9.30. The lowest BCUT2D eigenvalue weighted by molar-refractivity contribution is -0.144. The second kappa shape index (κ2) is 7.28. The molecular formula is C16H15ClFNO5S. The van der Waals surface area contributed by atoms with E-state index in [4.69, 9.17) is 21.4 Å². The maximum absolute atomic E-state index is 13.5. The van der Waals surface area contributed by atoms with Gasteiger partial charge in [0.2, 0.25) is 0 Å². The van der Waals surface area contributed by atoms with Gasteiger partial charge in [-0.1, -0.05) is 11.6 Å². The summed E-state index contributed by atoms with van der Waals surface area (Å²) in [5.41, 5.74) is 0.467. The van der Waals surface area contributed by atoms with Crippen molar-refractivity contribution < 1.29 is 27.4 Å². The summed E-state index contributed by atoms with van der Waals surface area (Å²) in [5, 5.41) is 11.9. The van der Waals surface area contributed by atoms with Gasteiger partial charge in [-0.25, -0.2) is 17.6 Å². The Labute approximate surface area is 149 Å². The number of aliphatic carboxylic acids is 1. The fraction of sp³-hybridized carbons (Fsp3) is 0.188. The summed E-state index contributed by atoms with van der Waals surface area (Å²) in [6, 6.07) is 7.57. The molecule has 2 aromatic carbocycles. The number of nitrogens with one attached hydrogen (secondary N) is 1. The molecule has 0 aliphatic rings. The van der Waals surface area contributed by atoms with Crippen LogP contribution in [0.3, 0.4) is 0 Å². The van der Waals surface area contributed by atoms with E-state index in [1.807, 2.05) is 0 Å². The van der Waals surface area contributed by atoms with E-state index < -0.39 is 27.7 Å². The van der Waals surface area contributed by atoms with Crippen molar-refractivity contribution in [1.29, 1.82) is 0 Å². The van der Waals surface area contributed by atoms with Crippen molar-refractivity contribution >= 4 is 38.8 Å². The largest absolute Gasteiger partial charge is 0.479 e. The molecule has 0 aromatic heterocycles. The van der Waals surface area contributed by atoms with E-state index in [2.05, 4.69) is 5.32 Å². The van der Waals surface area contributed by atoms with Crippen LogP contribution in [0.5, 0.6) is 5.75 Å². The van der Waals surface area contributed by atoms with E-state index in [0.717, 1.165) is 18.4 Å². The van der Waals surface area contributed by atoms with Crippen LogP contribution < -0.4 is 10.1 Å². The third-order valence-electron chi connectivity index (χ3n) is 3.23. The molecule has 0 saturated carbocycles. The lowest BCUT2D eigenvalue weighted by Crippen LogP contribution is -2.23. The van der Waals surface area contributed by atoms with Gasteiger partial charge in [-0.15, -0.1) is 0 Å². The van der Waals surface area contributed by atoms with Crippen LogP contribution in [0, 0.1) is 5.82 Å². The molecule has 0 spiro atoms. The van der Waals surface area contributed by atoms with Gasteiger partial charge in [0.1, 0.15) is 11.6 Å². The van der Waals surface area contributed by atoms with E-state index in [9.17, 15) is 17.6 Å². The third-order valence-corrected chi connectivity index (χ3v) is 4.65. The van der Waals surface area contributed by atoms with Crippen LogP contribution in [0.4, 0.5) is 15.8 Å². The molecule has 2 N–H and O–H groups in total. The van der Waals surface area contributed by atoms with Crippen molar-refractivity contribution in [2.24, 2.45) is 0 Å². The van der Waals surface area contributed by atoms with Gasteiger partial charge in [0.25, 0.3) is 0 Å². The number of hydrogen-bond donors (Lipinski definition) is 2. The predicted octanol–water partition coefficient (Wildman–Crippen LogP) is 3.48. The number of benzene rings is 2. The van der Waals surface area contributed by atoms with Gasteiger partial charge in [0.05, 0.1) is 21.3 Å². The summed E-state index contributed by atoms with van der Waals surface area (Å²) in [7, 11) is -3.42. The standard InChI is InChI=1S/C16H15ClFNO5S/c1-9(16(20)21)24-15-6-3-10(18)7-14(15)19-13-5-4-11(8-12(13)17)25(2,22)23/h3-9,19H,1-2H3,(H,20,21)/t9-/m0/s1. The number of sulfone groups is 1. The highest BCUT2D eigenvalue weighted by Gasteiger charge is 2.17. The summed E-state index contributed by atoms with van der Waals surface area (Å²) in [4.78, 5) is 11.0. The van der Waals surface area contributed by atoms with Crippen molar-refractivity contribution in [1.82, 2.24) is 0 Å². The molecule has 0 saturated heterocycles. The molecule has 0 fully saturated rings. The lowest BCUT2D eigenvalue weighted by atomic mass is 10.2. The van der Waals surface area contributed by atoms with Gasteiger partial charge in [-0.3, -0.25) is 0 Å². The predicted molar refractivity (Wildman–Crippen MR) is 92.0 cm³/mol. The van der Waals surface area contributed by atoms with Crippen molar-refractivity contribution in [3.63, 3.8) is 0 Å². The van der Waals surface area contributed by atoms with E-state index in [1.165, 1.54) is 31.2 Å². The molecule has 0 aliphatic heterocycles. The zero-order valence-corrected chi connectivity index (χ0v) is 14.9. The molecule has 0 radical (unpaired) electrons. The molecule has 0 heterocycles. The third kappa shape index (κ3) is 4.83. The van der Waals surface area contributed by atoms with Gasteiger partial charge < -0.3 is 15.2 Å². The lowest BCUT2D eigenvalue weighted by Gasteiger charge is -2.16. The summed E-state index contributed by atoms with van der Waals surface area (Å²) >= 11 is 6.08. The van der Waals surface area contributed by atoms with E-state index in [-0.39, 0.29) is 21.4 Å². The monoisotopic (exact) mass is 387 g/mol. The Balaban J connectivity index is 2.37. The minimum atomic E-state index is -3.42. The molecule has 0 bridgehead atoms. The highest BCUT2D eigenvalue weighted by atomic mass is 35.5. The number of carbonyl (C=O) groups is 1. The molecule has 9 heteroatoms. The number of carboxylic acids is 1. The topological polar surface area (TPSA) is 92.7 Å². The summed E-state index contributed by atoms with van der Waals surface area (Å²) in [6.07, 6.45) is -0.0912. The number of rotatable bonds is 6. The van der Waals surface area contributed by atoms with E-state index in [1.54, 1.807) is 0 Å². The molecule has 0 aliphatic carbocycles. The van der Waals surface area contributed by atoms with Gasteiger partial charge in [-0.2, -0.15) is 0 Å². The van der Waals surface area contributed by atoms with Crippen LogP contribution in [0.25, 0.3) is 0 Å². The highest BCUT2D eigenvalue weighted by molar-refractivity contribution is 7.90. The fourth-order valence-corrected chi connectivity index (χ4v) is 2.86. The quantitative estimate of drug-likeness (QED) is 0.788. The van der Waals surface area contributed by atoms with Crippen molar-refractivity contribution in [3.05, 3.63) is 47.2 Å².